The summed E-state index contributed by atoms with van der Waals surface area (Å²) in [6.45, 7) is 6.16. The van der Waals surface area contributed by atoms with Crippen LogP contribution in [0.2, 0.25) is 5.02 Å². The highest BCUT2D eigenvalue weighted by Gasteiger charge is 2.28. The second kappa shape index (κ2) is 8.58. The molecule has 2 amide bonds. The zero-order valence-electron chi connectivity index (χ0n) is 15.4. The maximum Gasteiger partial charge on any atom is 0.315 e. The number of aliphatic imine (C=N–C) groups is 1. The predicted molar refractivity (Wildman–Crippen MR) is 106 cm³/mol. The van der Waals surface area contributed by atoms with Gasteiger partial charge in [0.15, 0.2) is 0 Å². The number of benzene rings is 1. The molecule has 0 saturated carbocycles. The van der Waals surface area contributed by atoms with E-state index in [4.69, 9.17) is 11.6 Å². The third-order valence-corrected chi connectivity index (χ3v) is 5.37. The summed E-state index contributed by atoms with van der Waals surface area (Å²) in [5.41, 5.74) is 3.17. The van der Waals surface area contributed by atoms with Crippen LogP contribution >= 0.6 is 11.6 Å². The second-order valence-electron chi connectivity index (χ2n) is 7.15. The van der Waals surface area contributed by atoms with Gasteiger partial charge in [-0.1, -0.05) is 36.7 Å². The minimum absolute atomic E-state index is 0.181. The molecule has 2 heterocycles. The summed E-state index contributed by atoms with van der Waals surface area (Å²) in [6.07, 6.45) is 5.44. The number of hydrogen-bond donors (Lipinski definition) is 3. The smallest absolute Gasteiger partial charge is 0.315 e. The number of fused-ring (bicyclic) bond motifs is 1. The van der Waals surface area contributed by atoms with Crippen LogP contribution in [0.1, 0.15) is 37.3 Å². The van der Waals surface area contributed by atoms with E-state index in [9.17, 15) is 4.79 Å². The highest BCUT2D eigenvalue weighted by molar-refractivity contribution is 6.31. The van der Waals surface area contributed by atoms with Crippen molar-refractivity contribution >= 4 is 23.5 Å². The molecule has 2 atom stereocenters. The summed E-state index contributed by atoms with van der Waals surface area (Å²) in [7, 11) is 0. The number of amides is 2. The van der Waals surface area contributed by atoms with E-state index < -0.39 is 0 Å². The molecule has 2 unspecified atom stereocenters. The molecule has 0 radical (unpaired) electrons. The average molecular weight is 375 g/mol. The topological polar surface area (TPSA) is 65.5 Å². The van der Waals surface area contributed by atoms with Crippen LogP contribution in [0, 0.1) is 18.8 Å². The molecule has 26 heavy (non-hydrogen) atoms. The van der Waals surface area contributed by atoms with E-state index in [1.807, 2.05) is 25.1 Å². The number of amidine groups is 1. The fraction of sp³-hybridized carbons (Fsp3) is 0.500. The van der Waals surface area contributed by atoms with Crippen molar-refractivity contribution in [3.05, 3.63) is 46.1 Å². The van der Waals surface area contributed by atoms with Crippen molar-refractivity contribution in [2.45, 2.75) is 39.7 Å². The van der Waals surface area contributed by atoms with Crippen molar-refractivity contribution in [1.29, 1.82) is 0 Å². The molecule has 0 spiro atoms. The Morgan fingerprint density at radius 2 is 2.23 bits per heavy atom. The fourth-order valence-electron chi connectivity index (χ4n) is 3.54. The van der Waals surface area contributed by atoms with Gasteiger partial charge < -0.3 is 16.0 Å². The first-order valence-electron chi connectivity index (χ1n) is 9.31. The maximum atomic E-state index is 12.0. The molecule has 2 aliphatic rings. The standard InChI is InChI=1S/C20H27ClN4O/c1-13-5-6-15(18(21)10-13)12-24-20(26)23-9-7-16-11-14(2)17-4-3-8-22-19(17)25-16/h5-6,10-11,14,17H,3-4,7-9,12H2,1-2H3,(H,22,25)(H2,23,24,26). The zero-order valence-corrected chi connectivity index (χ0v) is 16.2. The summed E-state index contributed by atoms with van der Waals surface area (Å²) in [4.78, 5) is 16.6. The van der Waals surface area contributed by atoms with Crippen molar-refractivity contribution in [2.75, 3.05) is 13.1 Å². The monoisotopic (exact) mass is 374 g/mol. The molecule has 0 bridgehead atoms. The number of rotatable bonds is 5. The van der Waals surface area contributed by atoms with E-state index in [1.54, 1.807) is 0 Å². The van der Waals surface area contributed by atoms with Crippen LogP contribution in [0.25, 0.3) is 0 Å². The Morgan fingerprint density at radius 1 is 1.38 bits per heavy atom. The van der Waals surface area contributed by atoms with Crippen molar-refractivity contribution in [1.82, 2.24) is 16.0 Å². The number of carbonyl (C=O) groups is 1. The zero-order chi connectivity index (χ0) is 18.5. The number of allylic oxidation sites excluding steroid dienone is 1. The molecule has 3 N–H and O–H groups in total. The Labute approximate surface area is 160 Å². The molecular formula is C20H27ClN4O. The largest absolute Gasteiger partial charge is 0.348 e. The van der Waals surface area contributed by atoms with Gasteiger partial charge in [-0.25, -0.2) is 4.79 Å². The van der Waals surface area contributed by atoms with Crippen molar-refractivity contribution in [2.24, 2.45) is 16.8 Å². The summed E-state index contributed by atoms with van der Waals surface area (Å²) in [6, 6.07) is 5.65. The SMILES string of the molecule is Cc1ccc(CNC(=O)NCCC2=CC(C)C3CCCN=C3N2)c(Cl)c1. The van der Waals surface area contributed by atoms with E-state index in [1.165, 1.54) is 12.8 Å². The summed E-state index contributed by atoms with van der Waals surface area (Å²) in [5, 5.41) is 9.89. The first-order valence-corrected chi connectivity index (χ1v) is 9.69. The van der Waals surface area contributed by atoms with Crippen LogP contribution < -0.4 is 16.0 Å². The number of urea groups is 1. The third-order valence-electron chi connectivity index (χ3n) is 5.02. The highest BCUT2D eigenvalue weighted by Crippen LogP contribution is 2.28. The summed E-state index contributed by atoms with van der Waals surface area (Å²) < 4.78 is 0. The van der Waals surface area contributed by atoms with Gasteiger partial charge in [-0.2, -0.15) is 0 Å². The molecule has 1 aromatic rings. The number of carbonyl (C=O) groups excluding carboxylic acids is 1. The predicted octanol–water partition coefficient (Wildman–Crippen LogP) is 3.77. The molecule has 2 aliphatic heterocycles. The van der Waals surface area contributed by atoms with Crippen LogP contribution in [-0.2, 0) is 6.54 Å². The minimum atomic E-state index is -0.181. The number of halogens is 1. The summed E-state index contributed by atoms with van der Waals surface area (Å²) in [5.74, 6) is 2.16. The van der Waals surface area contributed by atoms with Crippen molar-refractivity contribution in [3.63, 3.8) is 0 Å². The molecule has 0 fully saturated rings. The van der Waals surface area contributed by atoms with Gasteiger partial charge in [-0.15, -0.1) is 0 Å². The maximum absolute atomic E-state index is 12.0. The Hall–Kier alpha value is -2.01. The molecule has 1 aromatic carbocycles. The molecular weight excluding hydrogens is 348 g/mol. The molecule has 5 nitrogen and oxygen atoms in total. The Bertz CT molecular complexity index is 729. The van der Waals surface area contributed by atoms with Crippen LogP contribution in [0.15, 0.2) is 35.0 Å². The van der Waals surface area contributed by atoms with Gasteiger partial charge in [0.1, 0.15) is 5.84 Å². The molecule has 0 aromatic heterocycles. The van der Waals surface area contributed by atoms with E-state index >= 15 is 0 Å². The molecule has 6 heteroatoms. The lowest BCUT2D eigenvalue weighted by molar-refractivity contribution is 0.240. The van der Waals surface area contributed by atoms with E-state index in [0.29, 0.717) is 29.9 Å². The first-order chi connectivity index (χ1) is 12.5. The van der Waals surface area contributed by atoms with Crippen LogP contribution in [0.3, 0.4) is 0 Å². The average Bonchev–Trinajstić information content (AvgIpc) is 2.61. The number of hydrogen-bond acceptors (Lipinski definition) is 3. The number of nitrogens with one attached hydrogen (secondary N) is 3. The quantitative estimate of drug-likeness (QED) is 0.734. The molecule has 0 saturated heterocycles. The lowest BCUT2D eigenvalue weighted by Crippen LogP contribution is -2.41. The third kappa shape index (κ3) is 4.79. The van der Waals surface area contributed by atoms with Gasteiger partial charge in [0.05, 0.1) is 0 Å². The Kier molecular flexibility index (Phi) is 6.20. The normalized spacial score (nSPS) is 21.8. The molecule has 0 aliphatic carbocycles. The van der Waals surface area contributed by atoms with Crippen LogP contribution in [0.4, 0.5) is 4.79 Å². The van der Waals surface area contributed by atoms with Gasteiger partial charge in [0.25, 0.3) is 0 Å². The van der Waals surface area contributed by atoms with Crippen LogP contribution in [-0.4, -0.2) is 25.0 Å². The number of aryl methyl sites for hydroxylation is 1. The molecule has 140 valence electrons. The number of nitrogens with zero attached hydrogens (tertiary/aromatic N) is 1. The minimum Gasteiger partial charge on any atom is -0.348 e. The van der Waals surface area contributed by atoms with Gasteiger partial charge in [0, 0.05) is 42.7 Å². The Balaban J connectivity index is 1.42. The van der Waals surface area contributed by atoms with Crippen molar-refractivity contribution in [3.8, 4) is 0 Å². The highest BCUT2D eigenvalue weighted by atomic mass is 35.5. The summed E-state index contributed by atoms with van der Waals surface area (Å²) >= 11 is 6.19. The fourth-order valence-corrected chi connectivity index (χ4v) is 3.84. The molecule has 3 rings (SSSR count). The van der Waals surface area contributed by atoms with E-state index in [0.717, 1.165) is 35.6 Å². The lowest BCUT2D eigenvalue weighted by Gasteiger charge is -2.33. The second-order valence-corrected chi connectivity index (χ2v) is 7.55. The Morgan fingerprint density at radius 3 is 3.04 bits per heavy atom. The van der Waals surface area contributed by atoms with E-state index in [2.05, 4.69) is 33.9 Å². The van der Waals surface area contributed by atoms with E-state index in [-0.39, 0.29) is 6.03 Å². The van der Waals surface area contributed by atoms with Gasteiger partial charge >= 0.3 is 6.03 Å². The van der Waals surface area contributed by atoms with Crippen LogP contribution in [0.5, 0.6) is 0 Å². The van der Waals surface area contributed by atoms with Crippen molar-refractivity contribution < 1.29 is 4.79 Å². The lowest BCUT2D eigenvalue weighted by atomic mass is 9.83. The van der Waals surface area contributed by atoms with Gasteiger partial charge in [-0.05, 0) is 42.9 Å². The van der Waals surface area contributed by atoms with Gasteiger partial charge in [-0.3, -0.25) is 4.99 Å². The van der Waals surface area contributed by atoms with Gasteiger partial charge in [0.2, 0.25) is 0 Å². The first kappa shape index (κ1) is 18.8.